The van der Waals surface area contributed by atoms with Crippen molar-refractivity contribution in [2.75, 3.05) is 57.1 Å². The molecule has 3 aromatic rings. The van der Waals surface area contributed by atoms with E-state index in [-0.39, 0.29) is 36.7 Å². The molecular weight excluding hydrogens is 576 g/mol. The molecule has 1 fully saturated rings. The van der Waals surface area contributed by atoms with Gasteiger partial charge in [0.25, 0.3) is 0 Å². The van der Waals surface area contributed by atoms with Crippen LogP contribution in [0.4, 0.5) is 16.2 Å². The second-order valence-electron chi connectivity index (χ2n) is 11.2. The van der Waals surface area contributed by atoms with E-state index in [1.807, 2.05) is 45.0 Å². The van der Waals surface area contributed by atoms with Gasteiger partial charge in [0.15, 0.2) is 0 Å². The Balaban J connectivity index is 1.40. The number of rotatable bonds is 13. The van der Waals surface area contributed by atoms with Crippen LogP contribution in [0.3, 0.4) is 0 Å². The first-order valence-corrected chi connectivity index (χ1v) is 15.0. The quantitative estimate of drug-likeness (QED) is 0.247. The Hall–Kier alpha value is -4.61. The van der Waals surface area contributed by atoms with E-state index in [9.17, 15) is 14.4 Å². The number of carboxylic acid groups (broad SMARTS) is 1. The Bertz CT molecular complexity index is 1450. The monoisotopic (exact) mass is 618 g/mol. The first kappa shape index (κ1) is 33.3. The Morgan fingerprint density at radius 2 is 1.64 bits per heavy atom. The number of ether oxygens (including phenoxy) is 3. The average Bonchev–Trinajstić information content (AvgIpc) is 3.00. The van der Waals surface area contributed by atoms with Crippen LogP contribution in [0, 0.1) is 6.92 Å². The van der Waals surface area contributed by atoms with Crippen LogP contribution >= 0.6 is 0 Å². The summed E-state index contributed by atoms with van der Waals surface area (Å²) in [4.78, 5) is 41.5. The van der Waals surface area contributed by atoms with Crippen LogP contribution in [0.5, 0.6) is 11.5 Å². The van der Waals surface area contributed by atoms with Crippen molar-refractivity contribution >= 4 is 29.3 Å². The molecule has 3 aromatic carbocycles. The first-order chi connectivity index (χ1) is 21.6. The number of benzene rings is 3. The van der Waals surface area contributed by atoms with Crippen LogP contribution in [0.15, 0.2) is 66.7 Å². The van der Waals surface area contributed by atoms with E-state index in [0.717, 1.165) is 24.2 Å². The lowest BCUT2D eigenvalue weighted by atomic mass is 10.1. The number of hydrogen-bond acceptors (Lipinski definition) is 7. The van der Waals surface area contributed by atoms with Crippen LogP contribution in [0.1, 0.15) is 35.3 Å². The van der Waals surface area contributed by atoms with Crippen molar-refractivity contribution < 1.29 is 33.7 Å². The van der Waals surface area contributed by atoms with Gasteiger partial charge >= 0.3 is 12.0 Å². The van der Waals surface area contributed by atoms with E-state index in [1.165, 1.54) is 19.2 Å². The lowest BCUT2D eigenvalue weighted by Gasteiger charge is -2.36. The summed E-state index contributed by atoms with van der Waals surface area (Å²) in [7, 11) is 1.52. The molecule has 1 aliphatic rings. The van der Waals surface area contributed by atoms with Crippen LogP contribution in [0.25, 0.3) is 0 Å². The minimum absolute atomic E-state index is 0.0748. The smallest absolute Gasteiger partial charge is 0.335 e. The van der Waals surface area contributed by atoms with Gasteiger partial charge in [0, 0.05) is 31.9 Å². The highest BCUT2D eigenvalue weighted by Crippen LogP contribution is 2.27. The molecule has 0 spiro atoms. The average molecular weight is 619 g/mol. The topological polar surface area (TPSA) is 130 Å². The number of para-hydroxylation sites is 1. The molecule has 45 heavy (non-hydrogen) atoms. The molecule has 1 heterocycles. The summed E-state index contributed by atoms with van der Waals surface area (Å²) in [5.41, 5.74) is 3.05. The Labute approximate surface area is 264 Å². The second-order valence-corrected chi connectivity index (χ2v) is 11.2. The van der Waals surface area contributed by atoms with Crippen molar-refractivity contribution in [2.24, 2.45) is 0 Å². The molecule has 11 nitrogen and oxygen atoms in total. The molecule has 4 rings (SSSR count). The number of aryl methyl sites for hydroxylation is 1. The summed E-state index contributed by atoms with van der Waals surface area (Å²) in [6, 6.07) is 18.6. The predicted molar refractivity (Wildman–Crippen MR) is 172 cm³/mol. The van der Waals surface area contributed by atoms with Crippen LogP contribution in [-0.2, 0) is 16.0 Å². The molecule has 3 amide bonds. The van der Waals surface area contributed by atoms with E-state index in [4.69, 9.17) is 19.3 Å². The summed E-state index contributed by atoms with van der Waals surface area (Å²) >= 11 is 0. The molecule has 0 aliphatic carbocycles. The fourth-order valence-corrected chi connectivity index (χ4v) is 5.28. The molecule has 0 radical (unpaired) electrons. The maximum atomic E-state index is 13.6. The standard InChI is InChI=1S/C34H42N4O7/c1-23-7-5-6-8-29(23)35-34(42)36-30-14-9-26(19-31(30)43-4)20-32(39)38(16-15-37-21-24(2)45-25(3)22-37)17-18-44-28-12-10-27(11-13-28)33(40)41/h5-14,19,24-25H,15-18,20-22H2,1-4H3,(H,40,41)(H2,35,36,42)/t24-,25+. The van der Waals surface area contributed by atoms with E-state index in [1.54, 1.807) is 35.2 Å². The molecule has 1 saturated heterocycles. The summed E-state index contributed by atoms with van der Waals surface area (Å²) in [6.45, 7) is 9.40. The molecule has 11 heteroatoms. The maximum Gasteiger partial charge on any atom is 0.335 e. The van der Waals surface area contributed by atoms with Gasteiger partial charge in [-0.1, -0.05) is 24.3 Å². The summed E-state index contributed by atoms with van der Waals surface area (Å²) < 4.78 is 17.3. The Morgan fingerprint density at radius 3 is 2.31 bits per heavy atom. The number of urea groups is 1. The predicted octanol–water partition coefficient (Wildman–Crippen LogP) is 4.91. The number of carboxylic acids is 1. The zero-order valence-corrected chi connectivity index (χ0v) is 26.2. The SMILES string of the molecule is COc1cc(CC(=O)N(CCOc2ccc(C(=O)O)cc2)CCN2C[C@@H](C)O[C@@H](C)C2)ccc1NC(=O)Nc1ccccc1C. The number of carbonyl (C=O) groups excluding carboxylic acids is 2. The minimum atomic E-state index is -1.00. The van der Waals surface area contributed by atoms with Gasteiger partial charge < -0.3 is 34.9 Å². The summed E-state index contributed by atoms with van der Waals surface area (Å²) in [5, 5.41) is 14.8. The Kier molecular flexibility index (Phi) is 11.8. The molecule has 1 aliphatic heterocycles. The molecular formula is C34H42N4O7. The van der Waals surface area contributed by atoms with E-state index in [0.29, 0.717) is 42.5 Å². The maximum absolute atomic E-state index is 13.6. The third kappa shape index (κ3) is 9.95. The van der Waals surface area contributed by atoms with Gasteiger partial charge in [-0.3, -0.25) is 9.69 Å². The molecule has 0 saturated carbocycles. The first-order valence-electron chi connectivity index (χ1n) is 15.0. The number of aromatic carboxylic acids is 1. The number of morpholine rings is 1. The largest absolute Gasteiger partial charge is 0.495 e. The van der Waals surface area contributed by atoms with E-state index < -0.39 is 12.0 Å². The fraction of sp³-hybridized carbons (Fsp3) is 0.382. The fourth-order valence-electron chi connectivity index (χ4n) is 5.28. The van der Waals surface area contributed by atoms with Crippen LogP contribution in [-0.4, -0.2) is 91.5 Å². The third-order valence-corrected chi connectivity index (χ3v) is 7.53. The molecule has 240 valence electrons. The number of nitrogens with one attached hydrogen (secondary N) is 2. The van der Waals surface area contributed by atoms with Crippen molar-refractivity contribution in [3.8, 4) is 11.5 Å². The summed E-state index contributed by atoms with van der Waals surface area (Å²) in [5.74, 6) is -0.107. The number of anilines is 2. The number of hydrogen-bond donors (Lipinski definition) is 3. The lowest BCUT2D eigenvalue weighted by Crippen LogP contribution is -2.49. The van der Waals surface area contributed by atoms with Gasteiger partial charge in [-0.2, -0.15) is 0 Å². The number of nitrogens with zero attached hydrogens (tertiary/aromatic N) is 2. The van der Waals surface area contributed by atoms with Crippen LogP contribution < -0.4 is 20.1 Å². The highest BCUT2D eigenvalue weighted by atomic mass is 16.5. The normalized spacial score (nSPS) is 16.4. The molecule has 2 atom stereocenters. The molecule has 3 N–H and O–H groups in total. The van der Waals surface area contributed by atoms with Crippen molar-refractivity contribution in [3.05, 3.63) is 83.4 Å². The molecule has 0 aromatic heterocycles. The van der Waals surface area contributed by atoms with Crippen molar-refractivity contribution in [2.45, 2.75) is 39.4 Å². The number of methoxy groups -OCH3 is 1. The zero-order chi connectivity index (χ0) is 32.3. The molecule has 0 unspecified atom stereocenters. The van der Waals surface area contributed by atoms with Gasteiger partial charge in [0.2, 0.25) is 5.91 Å². The van der Waals surface area contributed by atoms with E-state index in [2.05, 4.69) is 15.5 Å². The number of carbonyl (C=O) groups is 3. The zero-order valence-electron chi connectivity index (χ0n) is 26.2. The van der Waals surface area contributed by atoms with Crippen molar-refractivity contribution in [1.29, 1.82) is 0 Å². The van der Waals surface area contributed by atoms with Gasteiger partial charge in [-0.25, -0.2) is 9.59 Å². The Morgan fingerprint density at radius 1 is 0.956 bits per heavy atom. The second kappa shape index (κ2) is 15.9. The minimum Gasteiger partial charge on any atom is -0.495 e. The van der Waals surface area contributed by atoms with Gasteiger partial charge in [0.1, 0.15) is 18.1 Å². The van der Waals surface area contributed by atoms with Crippen molar-refractivity contribution in [3.63, 3.8) is 0 Å². The van der Waals surface area contributed by atoms with Crippen LogP contribution in [0.2, 0.25) is 0 Å². The van der Waals surface area contributed by atoms with Gasteiger partial charge in [-0.15, -0.1) is 0 Å². The molecule has 0 bridgehead atoms. The number of amides is 3. The third-order valence-electron chi connectivity index (χ3n) is 7.53. The van der Waals surface area contributed by atoms with Gasteiger partial charge in [-0.05, 0) is 74.4 Å². The highest BCUT2D eigenvalue weighted by molar-refractivity contribution is 6.01. The van der Waals surface area contributed by atoms with Crippen molar-refractivity contribution in [1.82, 2.24) is 9.80 Å². The van der Waals surface area contributed by atoms with Gasteiger partial charge in [0.05, 0.1) is 43.5 Å². The summed E-state index contributed by atoms with van der Waals surface area (Å²) in [6.07, 6.45) is 0.372. The lowest BCUT2D eigenvalue weighted by molar-refractivity contribution is -0.131. The van der Waals surface area contributed by atoms with E-state index >= 15 is 0 Å². The highest BCUT2D eigenvalue weighted by Gasteiger charge is 2.24.